The number of terminal acetylenes is 1. The van der Waals surface area contributed by atoms with Gasteiger partial charge in [-0.2, -0.15) is 0 Å². The summed E-state index contributed by atoms with van der Waals surface area (Å²) >= 11 is 7.26. The molecule has 0 aliphatic carbocycles. The van der Waals surface area contributed by atoms with Crippen LogP contribution in [0.3, 0.4) is 0 Å². The van der Waals surface area contributed by atoms with E-state index in [0.29, 0.717) is 21.5 Å². The van der Waals surface area contributed by atoms with Crippen LogP contribution in [0.1, 0.15) is 23.5 Å². The van der Waals surface area contributed by atoms with E-state index in [1.807, 2.05) is 6.07 Å². The summed E-state index contributed by atoms with van der Waals surface area (Å²) in [6, 6.07) is 7.15. The highest BCUT2D eigenvalue weighted by Crippen LogP contribution is 2.35. The average molecular weight is 346 g/mol. The lowest BCUT2D eigenvalue weighted by Crippen LogP contribution is -2.31. The Hall–Kier alpha value is -2.23. The predicted molar refractivity (Wildman–Crippen MR) is 91.0 cm³/mol. The van der Waals surface area contributed by atoms with Gasteiger partial charge in [0.2, 0.25) is 5.91 Å². The van der Waals surface area contributed by atoms with Crippen molar-refractivity contribution in [2.45, 2.75) is 17.5 Å². The normalized spacial score (nSPS) is 16.3. The number of carbonyl (C=O) groups excluding carboxylic acids is 1. The Morgan fingerprint density at radius 1 is 1.43 bits per heavy atom. The summed E-state index contributed by atoms with van der Waals surface area (Å²) in [5.74, 6) is 2.57. The number of amides is 1. The maximum atomic E-state index is 12.5. The zero-order valence-corrected chi connectivity index (χ0v) is 13.5. The van der Waals surface area contributed by atoms with Crippen LogP contribution in [0, 0.1) is 12.3 Å². The van der Waals surface area contributed by atoms with Crippen LogP contribution in [0.15, 0.2) is 34.2 Å². The van der Waals surface area contributed by atoms with Crippen molar-refractivity contribution in [3.63, 3.8) is 0 Å². The maximum Gasteiger partial charge on any atom is 0.257 e. The van der Waals surface area contributed by atoms with Crippen LogP contribution < -0.4 is 10.9 Å². The van der Waals surface area contributed by atoms with E-state index in [4.69, 9.17) is 18.0 Å². The number of halogens is 1. The molecular formula is C16H12ClN3O2S. The zero-order valence-electron chi connectivity index (χ0n) is 11.9. The molecule has 0 spiro atoms. The fourth-order valence-corrected chi connectivity index (χ4v) is 3.28. The van der Waals surface area contributed by atoms with Crippen molar-refractivity contribution >= 4 is 35.1 Å². The number of nitrogens with zero attached hydrogens (tertiary/aromatic N) is 1. The zero-order chi connectivity index (χ0) is 16.4. The number of fused-ring (bicyclic) bond motifs is 1. The molecule has 2 heterocycles. The molecule has 23 heavy (non-hydrogen) atoms. The summed E-state index contributed by atoms with van der Waals surface area (Å²) in [5, 5.41) is 3.61. The molecule has 1 aliphatic heterocycles. The van der Waals surface area contributed by atoms with Crippen molar-refractivity contribution in [1.82, 2.24) is 9.97 Å². The van der Waals surface area contributed by atoms with Crippen molar-refractivity contribution in [1.29, 1.82) is 0 Å². The van der Waals surface area contributed by atoms with Gasteiger partial charge in [0.05, 0.1) is 11.3 Å². The van der Waals surface area contributed by atoms with Gasteiger partial charge in [0.1, 0.15) is 5.82 Å². The van der Waals surface area contributed by atoms with Crippen LogP contribution in [-0.2, 0) is 4.79 Å². The van der Waals surface area contributed by atoms with Crippen LogP contribution in [0.25, 0.3) is 0 Å². The fraction of sp³-hybridized carbons (Fsp3) is 0.188. The van der Waals surface area contributed by atoms with Crippen molar-refractivity contribution < 1.29 is 4.79 Å². The van der Waals surface area contributed by atoms with E-state index < -0.39 is 0 Å². The molecule has 0 saturated carbocycles. The number of nitrogens with one attached hydrogen (secondary N) is 2. The van der Waals surface area contributed by atoms with Gasteiger partial charge < -0.3 is 10.3 Å². The average Bonchev–Trinajstić information content (AvgIpc) is 2.51. The lowest BCUT2D eigenvalue weighted by molar-refractivity contribution is -0.116. The quantitative estimate of drug-likeness (QED) is 0.509. The second-order valence-electron chi connectivity index (χ2n) is 4.99. The largest absolute Gasteiger partial charge is 0.310 e. The molecule has 0 saturated heterocycles. The van der Waals surface area contributed by atoms with Crippen molar-refractivity contribution in [2.24, 2.45) is 0 Å². The molecule has 2 N–H and O–H groups in total. The molecule has 1 atom stereocenters. The van der Waals surface area contributed by atoms with Gasteiger partial charge in [0.15, 0.2) is 5.16 Å². The molecule has 1 amide bonds. The number of benzene rings is 1. The van der Waals surface area contributed by atoms with Gasteiger partial charge in [-0.3, -0.25) is 9.59 Å². The standard InChI is InChI=1S/C16H12ClN3O2S/c1-2-6-23-16-19-14-13(15(22)20-16)11(8-12(21)18-14)9-4-3-5-10(17)7-9/h1,3-5,7,11H,6,8H2,(H2,18,19,20,21,22). The first-order valence-electron chi connectivity index (χ1n) is 6.84. The van der Waals surface area contributed by atoms with Crippen LogP contribution >= 0.6 is 23.4 Å². The maximum absolute atomic E-state index is 12.5. The highest BCUT2D eigenvalue weighted by molar-refractivity contribution is 7.99. The van der Waals surface area contributed by atoms with Crippen LogP contribution in [0.2, 0.25) is 5.02 Å². The summed E-state index contributed by atoms with van der Waals surface area (Å²) in [6.07, 6.45) is 5.39. The number of thioether (sulfide) groups is 1. The molecule has 5 nitrogen and oxygen atoms in total. The Kier molecular flexibility index (Phi) is 4.42. The molecule has 116 valence electrons. The summed E-state index contributed by atoms with van der Waals surface area (Å²) in [7, 11) is 0. The van der Waals surface area contributed by atoms with E-state index in [1.54, 1.807) is 18.2 Å². The molecule has 0 bridgehead atoms. The number of anilines is 1. The Bertz CT molecular complexity index is 872. The fourth-order valence-electron chi connectivity index (χ4n) is 2.54. The number of aromatic amines is 1. The molecule has 1 unspecified atom stereocenters. The molecule has 0 fully saturated rings. The molecular weight excluding hydrogens is 334 g/mol. The van der Waals surface area contributed by atoms with Gasteiger partial charge in [-0.05, 0) is 17.7 Å². The molecule has 7 heteroatoms. The van der Waals surface area contributed by atoms with Crippen molar-refractivity contribution in [3.8, 4) is 12.3 Å². The van der Waals surface area contributed by atoms with Gasteiger partial charge in [0.25, 0.3) is 5.56 Å². The van der Waals surface area contributed by atoms with E-state index in [2.05, 4.69) is 21.2 Å². The number of rotatable bonds is 3. The minimum atomic E-state index is -0.375. The summed E-state index contributed by atoms with van der Waals surface area (Å²) in [4.78, 5) is 31.5. The lowest BCUT2D eigenvalue weighted by atomic mass is 9.87. The SMILES string of the molecule is C#CCSc1nc2c(c(=O)[nH]1)C(c1cccc(Cl)c1)CC(=O)N2. The second-order valence-corrected chi connectivity index (χ2v) is 6.39. The van der Waals surface area contributed by atoms with E-state index in [9.17, 15) is 9.59 Å². The first kappa shape index (κ1) is 15.7. The first-order valence-corrected chi connectivity index (χ1v) is 8.20. The first-order chi connectivity index (χ1) is 11.1. The van der Waals surface area contributed by atoms with Gasteiger partial charge in [-0.25, -0.2) is 4.98 Å². The Morgan fingerprint density at radius 2 is 2.26 bits per heavy atom. The van der Waals surface area contributed by atoms with Crippen LogP contribution in [0.5, 0.6) is 0 Å². The highest BCUT2D eigenvalue weighted by Gasteiger charge is 2.30. The highest BCUT2D eigenvalue weighted by atomic mass is 35.5. The van der Waals surface area contributed by atoms with E-state index in [0.717, 1.165) is 5.56 Å². The lowest BCUT2D eigenvalue weighted by Gasteiger charge is -2.24. The Labute approximate surface area is 141 Å². The molecule has 1 aromatic carbocycles. The van der Waals surface area contributed by atoms with E-state index in [1.165, 1.54) is 11.8 Å². The number of hydrogen-bond acceptors (Lipinski definition) is 4. The molecule has 2 aromatic rings. The summed E-state index contributed by atoms with van der Waals surface area (Å²) in [6.45, 7) is 0. The minimum absolute atomic E-state index is 0.176. The monoisotopic (exact) mass is 345 g/mol. The van der Waals surface area contributed by atoms with E-state index in [-0.39, 0.29) is 29.6 Å². The van der Waals surface area contributed by atoms with Gasteiger partial charge in [-0.1, -0.05) is 41.4 Å². The Morgan fingerprint density at radius 3 is 3.00 bits per heavy atom. The smallest absolute Gasteiger partial charge is 0.257 e. The van der Waals surface area contributed by atoms with Gasteiger partial charge >= 0.3 is 0 Å². The van der Waals surface area contributed by atoms with E-state index >= 15 is 0 Å². The topological polar surface area (TPSA) is 74.8 Å². The summed E-state index contributed by atoms with van der Waals surface area (Å²) < 4.78 is 0. The molecule has 0 radical (unpaired) electrons. The van der Waals surface area contributed by atoms with Crippen LogP contribution in [0.4, 0.5) is 5.82 Å². The number of carbonyl (C=O) groups is 1. The van der Waals surface area contributed by atoms with Gasteiger partial charge in [0, 0.05) is 17.4 Å². The third-order valence-electron chi connectivity index (χ3n) is 3.47. The number of aromatic nitrogens is 2. The Balaban J connectivity index is 2.09. The van der Waals surface area contributed by atoms with Crippen molar-refractivity contribution in [3.05, 3.63) is 50.8 Å². The molecule has 3 rings (SSSR count). The minimum Gasteiger partial charge on any atom is -0.310 e. The summed E-state index contributed by atoms with van der Waals surface area (Å²) in [5.41, 5.74) is 0.973. The number of H-pyrrole nitrogens is 1. The number of hydrogen-bond donors (Lipinski definition) is 2. The van der Waals surface area contributed by atoms with Gasteiger partial charge in [-0.15, -0.1) is 6.42 Å². The molecule has 1 aliphatic rings. The third kappa shape index (κ3) is 3.26. The second kappa shape index (κ2) is 6.49. The third-order valence-corrected chi connectivity index (χ3v) is 4.49. The van der Waals surface area contributed by atoms with Crippen LogP contribution in [-0.4, -0.2) is 21.6 Å². The predicted octanol–water partition coefficient (Wildman–Crippen LogP) is 2.62. The van der Waals surface area contributed by atoms with Crippen molar-refractivity contribution in [2.75, 3.05) is 11.1 Å². The molecule has 1 aromatic heterocycles.